The van der Waals surface area contributed by atoms with Gasteiger partial charge in [0.2, 0.25) is 0 Å². The smallest absolute Gasteiger partial charge is 0.251 e. The zero-order chi connectivity index (χ0) is 16.1. The summed E-state index contributed by atoms with van der Waals surface area (Å²) >= 11 is 0. The van der Waals surface area contributed by atoms with Crippen molar-refractivity contribution in [2.45, 2.75) is 32.6 Å². The molecule has 5 heteroatoms. The zero-order valence-corrected chi connectivity index (χ0v) is 13.8. The number of nitrogens with one attached hydrogen (secondary N) is 2. The summed E-state index contributed by atoms with van der Waals surface area (Å²) < 4.78 is 0. The van der Waals surface area contributed by atoms with Gasteiger partial charge in [-0.1, -0.05) is 13.3 Å². The molecule has 2 N–H and O–H groups in total. The van der Waals surface area contributed by atoms with Crippen molar-refractivity contribution >= 4 is 16.9 Å². The SMILES string of the molecule is CCCCN1CCC(CNC(=O)c2ccc3nc[nH]c3c2)CC1. The third kappa shape index (κ3) is 4.10. The van der Waals surface area contributed by atoms with Crippen LogP contribution in [-0.4, -0.2) is 47.0 Å². The molecule has 1 aliphatic rings. The summed E-state index contributed by atoms with van der Waals surface area (Å²) in [5, 5.41) is 3.09. The van der Waals surface area contributed by atoms with Gasteiger partial charge in [-0.3, -0.25) is 4.79 Å². The molecular weight excluding hydrogens is 288 g/mol. The first kappa shape index (κ1) is 16.0. The van der Waals surface area contributed by atoms with E-state index in [9.17, 15) is 4.79 Å². The molecule has 0 saturated carbocycles. The third-order valence-electron chi connectivity index (χ3n) is 4.77. The van der Waals surface area contributed by atoms with Crippen LogP contribution in [0.25, 0.3) is 11.0 Å². The monoisotopic (exact) mass is 314 g/mol. The number of nitrogens with zero attached hydrogens (tertiary/aromatic N) is 2. The predicted molar refractivity (Wildman–Crippen MR) is 92.5 cm³/mol. The summed E-state index contributed by atoms with van der Waals surface area (Å²) in [5.41, 5.74) is 2.49. The quantitative estimate of drug-likeness (QED) is 0.862. The Bertz CT molecular complexity index is 643. The highest BCUT2D eigenvalue weighted by atomic mass is 16.1. The van der Waals surface area contributed by atoms with Crippen molar-refractivity contribution in [3.05, 3.63) is 30.1 Å². The van der Waals surface area contributed by atoms with Crippen molar-refractivity contribution < 1.29 is 4.79 Å². The van der Waals surface area contributed by atoms with Crippen LogP contribution in [-0.2, 0) is 0 Å². The summed E-state index contributed by atoms with van der Waals surface area (Å²) in [6.07, 6.45) is 6.57. The Kier molecular flexibility index (Phi) is 5.28. The number of carbonyl (C=O) groups is 1. The molecule has 124 valence electrons. The first-order valence-electron chi connectivity index (χ1n) is 8.70. The number of likely N-dealkylation sites (tertiary alicyclic amines) is 1. The standard InChI is InChI=1S/C18H26N4O/c1-2-3-8-22-9-6-14(7-10-22)12-19-18(23)15-4-5-16-17(11-15)21-13-20-16/h4-5,11,13-14H,2-3,6-10,12H2,1H3,(H,19,23)(H,20,21). The van der Waals surface area contributed by atoms with Crippen LogP contribution in [0.3, 0.4) is 0 Å². The molecule has 1 amide bonds. The molecule has 1 aliphatic heterocycles. The normalized spacial score (nSPS) is 16.7. The number of fused-ring (bicyclic) bond motifs is 1. The molecule has 2 aromatic rings. The van der Waals surface area contributed by atoms with Gasteiger partial charge < -0.3 is 15.2 Å². The van der Waals surface area contributed by atoms with Gasteiger partial charge in [0.25, 0.3) is 5.91 Å². The minimum Gasteiger partial charge on any atom is -0.352 e. The highest BCUT2D eigenvalue weighted by molar-refractivity contribution is 5.97. The van der Waals surface area contributed by atoms with Crippen molar-refractivity contribution in [1.29, 1.82) is 0 Å². The number of benzene rings is 1. The Balaban J connectivity index is 1.46. The number of hydrogen-bond acceptors (Lipinski definition) is 3. The largest absolute Gasteiger partial charge is 0.352 e. The summed E-state index contributed by atoms with van der Waals surface area (Å²) in [4.78, 5) is 22.1. The average Bonchev–Trinajstić information content (AvgIpc) is 3.06. The van der Waals surface area contributed by atoms with Crippen molar-refractivity contribution in [2.75, 3.05) is 26.2 Å². The number of unbranched alkanes of at least 4 members (excludes halogenated alkanes) is 1. The highest BCUT2D eigenvalue weighted by Crippen LogP contribution is 2.17. The van der Waals surface area contributed by atoms with Gasteiger partial charge in [0.1, 0.15) is 0 Å². The van der Waals surface area contributed by atoms with E-state index in [1.165, 1.54) is 45.3 Å². The fraction of sp³-hybridized carbons (Fsp3) is 0.556. The molecule has 0 spiro atoms. The van der Waals surface area contributed by atoms with E-state index >= 15 is 0 Å². The molecule has 5 nitrogen and oxygen atoms in total. The topological polar surface area (TPSA) is 61.0 Å². The molecule has 1 aromatic heterocycles. The first-order chi connectivity index (χ1) is 11.3. The molecule has 1 saturated heterocycles. The van der Waals surface area contributed by atoms with Gasteiger partial charge in [0.15, 0.2) is 0 Å². The van der Waals surface area contributed by atoms with Crippen molar-refractivity contribution in [3.8, 4) is 0 Å². The van der Waals surface area contributed by atoms with Gasteiger partial charge in [-0.15, -0.1) is 0 Å². The minimum absolute atomic E-state index is 0.00918. The Morgan fingerprint density at radius 2 is 2.22 bits per heavy atom. The number of H-pyrrole nitrogens is 1. The van der Waals surface area contributed by atoms with Crippen molar-refractivity contribution in [3.63, 3.8) is 0 Å². The molecule has 0 aliphatic carbocycles. The second-order valence-electron chi connectivity index (χ2n) is 6.48. The highest BCUT2D eigenvalue weighted by Gasteiger charge is 2.19. The van der Waals surface area contributed by atoms with Crippen LogP contribution in [0.4, 0.5) is 0 Å². The zero-order valence-electron chi connectivity index (χ0n) is 13.8. The van der Waals surface area contributed by atoms with Crippen LogP contribution >= 0.6 is 0 Å². The molecule has 3 rings (SSSR count). The van der Waals surface area contributed by atoms with Crippen LogP contribution in [0.2, 0.25) is 0 Å². The molecule has 0 atom stereocenters. The number of aromatic nitrogens is 2. The van der Waals surface area contributed by atoms with E-state index in [0.29, 0.717) is 11.5 Å². The van der Waals surface area contributed by atoms with Crippen LogP contribution in [0, 0.1) is 5.92 Å². The van der Waals surface area contributed by atoms with Crippen molar-refractivity contribution in [1.82, 2.24) is 20.2 Å². The van der Waals surface area contributed by atoms with Gasteiger partial charge in [-0.2, -0.15) is 0 Å². The summed E-state index contributed by atoms with van der Waals surface area (Å²) in [6.45, 7) is 6.57. The molecule has 0 unspecified atom stereocenters. The lowest BCUT2D eigenvalue weighted by Gasteiger charge is -2.31. The number of piperidine rings is 1. The Morgan fingerprint density at radius 3 is 3.00 bits per heavy atom. The fourth-order valence-corrected chi connectivity index (χ4v) is 3.21. The van der Waals surface area contributed by atoms with E-state index in [2.05, 4.69) is 27.1 Å². The predicted octanol–water partition coefficient (Wildman–Crippen LogP) is 2.80. The summed E-state index contributed by atoms with van der Waals surface area (Å²) in [5.74, 6) is 0.614. The third-order valence-corrected chi connectivity index (χ3v) is 4.77. The van der Waals surface area contributed by atoms with Gasteiger partial charge in [0.05, 0.1) is 17.4 Å². The number of rotatable bonds is 6. The molecule has 0 bridgehead atoms. The number of carbonyl (C=O) groups excluding carboxylic acids is 1. The number of amides is 1. The second-order valence-corrected chi connectivity index (χ2v) is 6.48. The maximum Gasteiger partial charge on any atom is 0.251 e. The van der Waals surface area contributed by atoms with Gasteiger partial charge in [-0.05, 0) is 63.0 Å². The average molecular weight is 314 g/mol. The lowest BCUT2D eigenvalue weighted by atomic mass is 9.96. The van der Waals surface area contributed by atoms with E-state index in [4.69, 9.17) is 0 Å². The van der Waals surface area contributed by atoms with E-state index in [1.807, 2.05) is 18.2 Å². The van der Waals surface area contributed by atoms with Crippen LogP contribution in [0.15, 0.2) is 24.5 Å². The summed E-state index contributed by atoms with van der Waals surface area (Å²) in [6, 6.07) is 5.59. The van der Waals surface area contributed by atoms with Gasteiger partial charge in [0, 0.05) is 12.1 Å². The Labute approximate surface area is 137 Å². The molecular formula is C18H26N4O. The lowest BCUT2D eigenvalue weighted by Crippen LogP contribution is -2.39. The van der Waals surface area contributed by atoms with E-state index in [1.54, 1.807) is 6.33 Å². The Hall–Kier alpha value is -1.88. The number of imidazole rings is 1. The van der Waals surface area contributed by atoms with Crippen LogP contribution < -0.4 is 5.32 Å². The fourth-order valence-electron chi connectivity index (χ4n) is 3.21. The maximum atomic E-state index is 12.3. The first-order valence-corrected chi connectivity index (χ1v) is 8.70. The molecule has 1 aromatic carbocycles. The Morgan fingerprint density at radius 1 is 1.39 bits per heavy atom. The van der Waals surface area contributed by atoms with Crippen molar-refractivity contribution in [2.24, 2.45) is 5.92 Å². The molecule has 2 heterocycles. The van der Waals surface area contributed by atoms with Gasteiger partial charge >= 0.3 is 0 Å². The molecule has 23 heavy (non-hydrogen) atoms. The lowest BCUT2D eigenvalue weighted by molar-refractivity contribution is 0.0936. The molecule has 0 radical (unpaired) electrons. The number of hydrogen-bond donors (Lipinski definition) is 2. The van der Waals surface area contributed by atoms with E-state index in [0.717, 1.165) is 17.6 Å². The molecule has 1 fully saturated rings. The van der Waals surface area contributed by atoms with E-state index < -0.39 is 0 Å². The number of aromatic amines is 1. The van der Waals surface area contributed by atoms with E-state index in [-0.39, 0.29) is 5.91 Å². The van der Waals surface area contributed by atoms with Crippen LogP contribution in [0.1, 0.15) is 43.0 Å². The second kappa shape index (κ2) is 7.59. The van der Waals surface area contributed by atoms with Crippen LogP contribution in [0.5, 0.6) is 0 Å². The van der Waals surface area contributed by atoms with Gasteiger partial charge in [-0.25, -0.2) is 4.98 Å². The maximum absolute atomic E-state index is 12.3. The summed E-state index contributed by atoms with van der Waals surface area (Å²) in [7, 11) is 0. The minimum atomic E-state index is 0.00918.